The standard InChI is InChI=1S/C12H15F3N2/c1-7-5-8-10(16)3-2-4-17-11(8)6-9(7)12(13,14)15/h5-6,10,17H,2-4,16H2,1H3. The van der Waals surface area contributed by atoms with Gasteiger partial charge in [0.2, 0.25) is 0 Å². The average molecular weight is 244 g/mol. The molecule has 0 aliphatic carbocycles. The van der Waals surface area contributed by atoms with Gasteiger partial charge in [-0.2, -0.15) is 13.2 Å². The highest BCUT2D eigenvalue weighted by Gasteiger charge is 2.33. The lowest BCUT2D eigenvalue weighted by Gasteiger charge is -2.18. The zero-order valence-corrected chi connectivity index (χ0v) is 9.56. The molecule has 17 heavy (non-hydrogen) atoms. The van der Waals surface area contributed by atoms with E-state index in [0.29, 0.717) is 12.2 Å². The zero-order chi connectivity index (χ0) is 12.6. The van der Waals surface area contributed by atoms with Crippen LogP contribution in [0.1, 0.15) is 35.6 Å². The Labute approximate surface area is 98.0 Å². The molecular weight excluding hydrogens is 229 g/mol. The van der Waals surface area contributed by atoms with Gasteiger partial charge in [-0.3, -0.25) is 0 Å². The third-order valence-electron chi connectivity index (χ3n) is 3.11. The molecule has 0 saturated heterocycles. The maximum Gasteiger partial charge on any atom is 0.416 e. The molecule has 0 radical (unpaired) electrons. The van der Waals surface area contributed by atoms with Gasteiger partial charge in [-0.25, -0.2) is 0 Å². The second-order valence-corrected chi connectivity index (χ2v) is 4.43. The maximum atomic E-state index is 12.8. The van der Waals surface area contributed by atoms with E-state index in [4.69, 9.17) is 5.73 Å². The number of benzene rings is 1. The highest BCUT2D eigenvalue weighted by molar-refractivity contribution is 5.58. The Kier molecular flexibility index (Phi) is 3.03. The molecule has 1 aliphatic heterocycles. The highest BCUT2D eigenvalue weighted by Crippen LogP contribution is 2.37. The molecule has 1 aromatic carbocycles. The Morgan fingerprint density at radius 2 is 2.06 bits per heavy atom. The molecule has 1 aliphatic rings. The summed E-state index contributed by atoms with van der Waals surface area (Å²) in [6.07, 6.45) is -2.64. The second-order valence-electron chi connectivity index (χ2n) is 4.43. The molecule has 5 heteroatoms. The van der Waals surface area contributed by atoms with Crippen molar-refractivity contribution in [2.45, 2.75) is 32.0 Å². The van der Waals surface area contributed by atoms with Crippen LogP contribution in [0, 0.1) is 6.92 Å². The molecule has 1 unspecified atom stereocenters. The summed E-state index contributed by atoms with van der Waals surface area (Å²) in [5.74, 6) is 0. The van der Waals surface area contributed by atoms with Crippen molar-refractivity contribution in [1.82, 2.24) is 0 Å². The summed E-state index contributed by atoms with van der Waals surface area (Å²) in [6.45, 7) is 2.14. The number of rotatable bonds is 0. The molecule has 0 saturated carbocycles. The monoisotopic (exact) mass is 244 g/mol. The van der Waals surface area contributed by atoms with E-state index < -0.39 is 11.7 Å². The minimum absolute atomic E-state index is 0.180. The van der Waals surface area contributed by atoms with Crippen molar-refractivity contribution in [3.05, 3.63) is 28.8 Å². The Morgan fingerprint density at radius 3 is 2.71 bits per heavy atom. The largest absolute Gasteiger partial charge is 0.416 e. The molecule has 2 nitrogen and oxygen atoms in total. The first-order chi connectivity index (χ1) is 7.89. The van der Waals surface area contributed by atoms with Crippen LogP contribution in [-0.2, 0) is 6.18 Å². The Bertz CT molecular complexity index is 426. The van der Waals surface area contributed by atoms with E-state index in [1.165, 1.54) is 13.0 Å². The fourth-order valence-corrected chi connectivity index (χ4v) is 2.20. The molecule has 0 bridgehead atoms. The molecule has 1 atom stereocenters. The summed E-state index contributed by atoms with van der Waals surface area (Å²) >= 11 is 0. The van der Waals surface area contributed by atoms with Gasteiger partial charge in [0.15, 0.2) is 0 Å². The van der Waals surface area contributed by atoms with Crippen LogP contribution >= 0.6 is 0 Å². The predicted molar refractivity (Wildman–Crippen MR) is 60.8 cm³/mol. The van der Waals surface area contributed by atoms with Gasteiger partial charge in [0.1, 0.15) is 0 Å². The van der Waals surface area contributed by atoms with Gasteiger partial charge >= 0.3 is 6.18 Å². The average Bonchev–Trinajstić information content (AvgIpc) is 2.39. The van der Waals surface area contributed by atoms with E-state index in [9.17, 15) is 13.2 Å². The summed E-state index contributed by atoms with van der Waals surface area (Å²) in [6, 6.07) is 2.55. The normalized spacial score (nSPS) is 20.4. The van der Waals surface area contributed by atoms with Crippen LogP contribution in [0.5, 0.6) is 0 Å². The molecular formula is C12H15F3N2. The molecule has 0 amide bonds. The topological polar surface area (TPSA) is 38.0 Å². The van der Waals surface area contributed by atoms with Crippen molar-refractivity contribution >= 4 is 5.69 Å². The van der Waals surface area contributed by atoms with E-state index in [-0.39, 0.29) is 11.6 Å². The van der Waals surface area contributed by atoms with Gasteiger partial charge in [0, 0.05) is 18.3 Å². The maximum absolute atomic E-state index is 12.8. The van der Waals surface area contributed by atoms with Crippen molar-refractivity contribution in [1.29, 1.82) is 0 Å². The number of fused-ring (bicyclic) bond motifs is 1. The van der Waals surface area contributed by atoms with E-state index in [0.717, 1.165) is 18.4 Å². The number of nitrogens with one attached hydrogen (secondary N) is 1. The van der Waals surface area contributed by atoms with Gasteiger partial charge < -0.3 is 11.1 Å². The molecule has 1 heterocycles. The molecule has 0 aromatic heterocycles. The molecule has 94 valence electrons. The summed E-state index contributed by atoms with van der Waals surface area (Å²) in [5, 5.41) is 3.02. The lowest BCUT2D eigenvalue weighted by Crippen LogP contribution is -2.13. The van der Waals surface area contributed by atoms with Gasteiger partial charge in [-0.15, -0.1) is 0 Å². The third kappa shape index (κ3) is 2.39. The number of aryl methyl sites for hydroxylation is 1. The van der Waals surface area contributed by atoms with Crippen LogP contribution in [0.15, 0.2) is 12.1 Å². The van der Waals surface area contributed by atoms with Crippen molar-refractivity contribution in [2.24, 2.45) is 5.73 Å². The fourth-order valence-electron chi connectivity index (χ4n) is 2.20. The van der Waals surface area contributed by atoms with Crippen LogP contribution < -0.4 is 11.1 Å². The van der Waals surface area contributed by atoms with Crippen molar-refractivity contribution in [2.75, 3.05) is 11.9 Å². The van der Waals surface area contributed by atoms with E-state index in [1.807, 2.05) is 0 Å². The van der Waals surface area contributed by atoms with Gasteiger partial charge in [-0.1, -0.05) is 6.07 Å². The molecule has 2 rings (SSSR count). The number of hydrogen-bond donors (Lipinski definition) is 2. The zero-order valence-electron chi connectivity index (χ0n) is 9.56. The van der Waals surface area contributed by atoms with Crippen LogP contribution in [0.3, 0.4) is 0 Å². The van der Waals surface area contributed by atoms with Crippen LogP contribution in [-0.4, -0.2) is 6.54 Å². The Balaban J connectivity index is 2.52. The SMILES string of the molecule is Cc1cc2c(cc1C(F)(F)F)NCCCC2N. The lowest BCUT2D eigenvalue weighted by molar-refractivity contribution is -0.138. The van der Waals surface area contributed by atoms with E-state index in [1.54, 1.807) is 6.07 Å². The molecule has 1 aromatic rings. The first-order valence-electron chi connectivity index (χ1n) is 5.61. The Morgan fingerprint density at radius 1 is 1.35 bits per heavy atom. The quantitative estimate of drug-likeness (QED) is 0.735. The smallest absolute Gasteiger partial charge is 0.385 e. The minimum Gasteiger partial charge on any atom is -0.385 e. The van der Waals surface area contributed by atoms with Gasteiger partial charge in [0.25, 0.3) is 0 Å². The first-order valence-corrected chi connectivity index (χ1v) is 5.61. The van der Waals surface area contributed by atoms with Crippen molar-refractivity contribution in [3.63, 3.8) is 0 Å². The number of halogens is 3. The predicted octanol–water partition coefficient (Wildman–Crippen LogP) is 3.22. The second kappa shape index (κ2) is 4.22. The third-order valence-corrected chi connectivity index (χ3v) is 3.11. The Hall–Kier alpha value is -1.23. The van der Waals surface area contributed by atoms with Crippen molar-refractivity contribution in [3.8, 4) is 0 Å². The number of nitrogens with two attached hydrogens (primary N) is 1. The van der Waals surface area contributed by atoms with E-state index >= 15 is 0 Å². The molecule has 3 N–H and O–H groups in total. The van der Waals surface area contributed by atoms with Gasteiger partial charge in [-0.05, 0) is 37.0 Å². The first kappa shape index (κ1) is 12.2. The molecule has 0 spiro atoms. The summed E-state index contributed by atoms with van der Waals surface area (Å²) < 4.78 is 38.3. The number of alkyl halides is 3. The number of hydrogen-bond acceptors (Lipinski definition) is 2. The number of anilines is 1. The van der Waals surface area contributed by atoms with Crippen molar-refractivity contribution < 1.29 is 13.2 Å². The van der Waals surface area contributed by atoms with E-state index in [2.05, 4.69) is 5.32 Å². The highest BCUT2D eigenvalue weighted by atomic mass is 19.4. The lowest BCUT2D eigenvalue weighted by atomic mass is 9.97. The minimum atomic E-state index is -4.31. The summed E-state index contributed by atoms with van der Waals surface area (Å²) in [5.41, 5.74) is 6.91. The summed E-state index contributed by atoms with van der Waals surface area (Å²) in [7, 11) is 0. The molecule has 0 fully saturated rings. The van der Waals surface area contributed by atoms with Crippen LogP contribution in [0.2, 0.25) is 0 Å². The van der Waals surface area contributed by atoms with Gasteiger partial charge in [0.05, 0.1) is 5.56 Å². The summed E-state index contributed by atoms with van der Waals surface area (Å²) in [4.78, 5) is 0. The van der Waals surface area contributed by atoms with Crippen LogP contribution in [0.4, 0.5) is 18.9 Å². The fraction of sp³-hybridized carbons (Fsp3) is 0.500. The van der Waals surface area contributed by atoms with Crippen LogP contribution in [0.25, 0.3) is 0 Å².